The van der Waals surface area contributed by atoms with Crippen LogP contribution in [0.15, 0.2) is 36.5 Å². The van der Waals surface area contributed by atoms with E-state index in [2.05, 4.69) is 33.4 Å². The van der Waals surface area contributed by atoms with Crippen LogP contribution in [-0.4, -0.2) is 86.5 Å². The molecule has 1 aromatic carbocycles. The van der Waals surface area contributed by atoms with E-state index in [1.54, 1.807) is 11.8 Å². The van der Waals surface area contributed by atoms with Crippen LogP contribution in [0.1, 0.15) is 60.5 Å². The van der Waals surface area contributed by atoms with Crippen molar-refractivity contribution in [2.75, 3.05) is 25.0 Å². The summed E-state index contributed by atoms with van der Waals surface area (Å²) in [6, 6.07) is 10.5. The standard InChI is InChI=1S/C29H36FN5O3/c1-18(36)35-22-6-7-23(35)13-21(12-22)32-28-14-24(25(30)15-31-28)29(38)34-11-9-26(27(37)17-34)33-10-8-19-4-2-3-5-20(19)16-33/h2-5,14-15,21-23,26-27,37H,6-13,16-17H2,1H3,(H,31,32)/t21?,22?,23?,26-,27-/m0/s1. The fourth-order valence-electron chi connectivity index (χ4n) is 7.20. The normalized spacial score (nSPS) is 29.2. The number of rotatable bonds is 4. The number of amides is 2. The molecule has 2 unspecified atom stereocenters. The number of fused-ring (bicyclic) bond motifs is 3. The molecule has 5 heterocycles. The number of hydrogen-bond donors (Lipinski definition) is 2. The lowest BCUT2D eigenvalue weighted by molar-refractivity contribution is -0.133. The number of aliphatic hydroxyl groups excluding tert-OH is 1. The molecule has 4 atom stereocenters. The Bertz CT molecular complexity index is 1210. The first-order chi connectivity index (χ1) is 18.4. The zero-order valence-electron chi connectivity index (χ0n) is 21.9. The van der Waals surface area contributed by atoms with Gasteiger partial charge in [0.25, 0.3) is 5.91 Å². The first kappa shape index (κ1) is 25.2. The molecular formula is C29H36FN5O3. The smallest absolute Gasteiger partial charge is 0.257 e. The molecule has 2 aromatic rings. The number of β-amino-alcohol motifs (C(OH)–C–C–N with tert-alkyl or cyclic N) is 1. The van der Waals surface area contributed by atoms with Crippen LogP contribution in [0.3, 0.4) is 0 Å². The molecule has 1 aromatic heterocycles. The Hall–Kier alpha value is -3.04. The summed E-state index contributed by atoms with van der Waals surface area (Å²) in [5.74, 6) is -0.477. The molecule has 4 aliphatic rings. The lowest BCUT2D eigenvalue weighted by Gasteiger charge is -2.43. The molecule has 2 bridgehead atoms. The SMILES string of the molecule is CC(=O)N1C2CCC1CC(Nc1cc(C(=O)N3CC[C@H](N4CCc5ccccc5C4)[C@@H](O)C3)c(F)cn1)C2. The number of aliphatic hydroxyl groups is 1. The van der Waals surface area contributed by atoms with Gasteiger partial charge in [-0.1, -0.05) is 24.3 Å². The molecule has 38 heavy (non-hydrogen) atoms. The molecule has 3 fully saturated rings. The molecule has 6 rings (SSSR count). The first-order valence-electron chi connectivity index (χ1n) is 13.9. The summed E-state index contributed by atoms with van der Waals surface area (Å²) in [4.78, 5) is 35.4. The Morgan fingerprint density at radius 3 is 2.53 bits per heavy atom. The van der Waals surface area contributed by atoms with Crippen molar-refractivity contribution in [1.82, 2.24) is 19.7 Å². The monoisotopic (exact) mass is 521 g/mol. The largest absolute Gasteiger partial charge is 0.390 e. The summed E-state index contributed by atoms with van der Waals surface area (Å²) in [5, 5.41) is 14.4. The summed E-state index contributed by atoms with van der Waals surface area (Å²) >= 11 is 0. The number of nitrogens with zero attached hydrogens (tertiary/aromatic N) is 4. The number of benzene rings is 1. The van der Waals surface area contributed by atoms with Crippen LogP contribution in [0.4, 0.5) is 10.2 Å². The van der Waals surface area contributed by atoms with Gasteiger partial charge in [-0.05, 0) is 55.7 Å². The van der Waals surface area contributed by atoms with Gasteiger partial charge in [0.1, 0.15) is 5.82 Å². The van der Waals surface area contributed by atoms with Crippen molar-refractivity contribution < 1.29 is 19.1 Å². The van der Waals surface area contributed by atoms with E-state index < -0.39 is 17.8 Å². The van der Waals surface area contributed by atoms with Gasteiger partial charge >= 0.3 is 0 Å². The van der Waals surface area contributed by atoms with E-state index in [1.807, 2.05) is 11.0 Å². The highest BCUT2D eigenvalue weighted by Gasteiger charge is 2.42. The molecule has 0 saturated carbocycles. The minimum atomic E-state index is -0.692. The molecule has 2 N–H and O–H groups in total. The second-order valence-corrected chi connectivity index (χ2v) is 11.3. The molecular weight excluding hydrogens is 485 g/mol. The summed E-state index contributed by atoms with van der Waals surface area (Å²) in [5.41, 5.74) is 2.63. The number of hydrogen-bond acceptors (Lipinski definition) is 6. The number of anilines is 1. The van der Waals surface area contributed by atoms with Crippen LogP contribution in [0, 0.1) is 5.82 Å². The number of piperidine rings is 2. The highest BCUT2D eigenvalue weighted by atomic mass is 19.1. The molecule has 4 aliphatic heterocycles. The third kappa shape index (κ3) is 4.78. The summed E-state index contributed by atoms with van der Waals surface area (Å²) in [7, 11) is 0. The Morgan fingerprint density at radius 1 is 1.08 bits per heavy atom. The van der Waals surface area contributed by atoms with Gasteiger partial charge in [0.2, 0.25) is 5.91 Å². The zero-order chi connectivity index (χ0) is 26.4. The number of halogens is 1. The lowest BCUT2D eigenvalue weighted by atomic mass is 9.94. The Balaban J connectivity index is 1.09. The molecule has 8 nitrogen and oxygen atoms in total. The third-order valence-electron chi connectivity index (χ3n) is 9.00. The van der Waals surface area contributed by atoms with Crippen LogP contribution in [0.5, 0.6) is 0 Å². The van der Waals surface area contributed by atoms with E-state index in [0.29, 0.717) is 18.8 Å². The molecule has 202 valence electrons. The summed E-state index contributed by atoms with van der Waals surface area (Å²) < 4.78 is 14.8. The zero-order valence-corrected chi connectivity index (χ0v) is 21.9. The quantitative estimate of drug-likeness (QED) is 0.644. The maximum Gasteiger partial charge on any atom is 0.257 e. The van der Waals surface area contributed by atoms with Gasteiger partial charge < -0.3 is 20.2 Å². The Labute approximate surface area is 222 Å². The van der Waals surface area contributed by atoms with Crippen LogP contribution >= 0.6 is 0 Å². The molecule has 0 spiro atoms. The third-order valence-corrected chi connectivity index (χ3v) is 9.00. The van der Waals surface area contributed by atoms with Crippen molar-refractivity contribution >= 4 is 17.6 Å². The molecule has 2 amide bonds. The van der Waals surface area contributed by atoms with Gasteiger partial charge in [-0.15, -0.1) is 0 Å². The highest BCUT2D eigenvalue weighted by Crippen LogP contribution is 2.37. The topological polar surface area (TPSA) is 89.0 Å². The van der Waals surface area contributed by atoms with Crippen LogP contribution in [0.2, 0.25) is 0 Å². The average Bonchev–Trinajstić information content (AvgIpc) is 3.20. The van der Waals surface area contributed by atoms with E-state index in [9.17, 15) is 19.1 Å². The molecule has 3 saturated heterocycles. The van der Waals surface area contributed by atoms with Crippen molar-refractivity contribution in [2.45, 2.75) is 82.3 Å². The average molecular weight is 522 g/mol. The number of nitrogens with one attached hydrogen (secondary N) is 1. The van der Waals surface area contributed by atoms with Gasteiger partial charge in [0.15, 0.2) is 5.82 Å². The van der Waals surface area contributed by atoms with E-state index in [1.165, 1.54) is 17.2 Å². The number of aromatic nitrogens is 1. The number of carbonyl (C=O) groups is 2. The minimum Gasteiger partial charge on any atom is -0.390 e. The van der Waals surface area contributed by atoms with E-state index in [4.69, 9.17) is 0 Å². The van der Waals surface area contributed by atoms with Gasteiger partial charge in [0.05, 0.1) is 17.9 Å². The Kier molecular flexibility index (Phi) is 6.82. The van der Waals surface area contributed by atoms with Gasteiger partial charge in [0, 0.05) is 57.3 Å². The van der Waals surface area contributed by atoms with E-state index in [-0.39, 0.29) is 42.2 Å². The molecule has 9 heteroatoms. The van der Waals surface area contributed by atoms with E-state index in [0.717, 1.165) is 51.4 Å². The summed E-state index contributed by atoms with van der Waals surface area (Å²) in [6.07, 6.45) is 5.65. The van der Waals surface area contributed by atoms with Gasteiger partial charge in [-0.2, -0.15) is 0 Å². The van der Waals surface area contributed by atoms with Crippen molar-refractivity contribution in [3.05, 3.63) is 59.0 Å². The van der Waals surface area contributed by atoms with Crippen molar-refractivity contribution in [3.63, 3.8) is 0 Å². The number of carbonyl (C=O) groups excluding carboxylic acids is 2. The van der Waals surface area contributed by atoms with Crippen LogP contribution in [0.25, 0.3) is 0 Å². The van der Waals surface area contributed by atoms with Gasteiger partial charge in [-0.3, -0.25) is 14.5 Å². The fraction of sp³-hybridized carbons (Fsp3) is 0.552. The van der Waals surface area contributed by atoms with Crippen molar-refractivity contribution in [1.29, 1.82) is 0 Å². The fourth-order valence-corrected chi connectivity index (χ4v) is 7.20. The second-order valence-electron chi connectivity index (χ2n) is 11.3. The van der Waals surface area contributed by atoms with Crippen molar-refractivity contribution in [3.8, 4) is 0 Å². The van der Waals surface area contributed by atoms with Crippen LogP contribution < -0.4 is 5.32 Å². The lowest BCUT2D eigenvalue weighted by Crippen LogP contribution is -2.56. The molecule has 0 aliphatic carbocycles. The van der Waals surface area contributed by atoms with Crippen LogP contribution in [-0.2, 0) is 17.8 Å². The maximum absolute atomic E-state index is 14.8. The molecule has 0 radical (unpaired) electrons. The summed E-state index contributed by atoms with van der Waals surface area (Å²) in [6.45, 7) is 3.96. The Morgan fingerprint density at radius 2 is 1.82 bits per heavy atom. The van der Waals surface area contributed by atoms with Crippen molar-refractivity contribution in [2.24, 2.45) is 0 Å². The maximum atomic E-state index is 14.8. The van der Waals surface area contributed by atoms with Gasteiger partial charge in [-0.25, -0.2) is 9.37 Å². The predicted molar refractivity (Wildman–Crippen MR) is 141 cm³/mol. The minimum absolute atomic E-state index is 0.0239. The van der Waals surface area contributed by atoms with E-state index >= 15 is 0 Å². The predicted octanol–water partition coefficient (Wildman–Crippen LogP) is 2.81. The number of pyridine rings is 1. The number of likely N-dealkylation sites (tertiary alicyclic amines) is 1. The first-order valence-corrected chi connectivity index (χ1v) is 13.9. The highest BCUT2D eigenvalue weighted by molar-refractivity contribution is 5.95. The second kappa shape index (κ2) is 10.3.